The van der Waals surface area contributed by atoms with Gasteiger partial charge in [-0.15, -0.1) is 0 Å². The highest BCUT2D eigenvalue weighted by molar-refractivity contribution is 5.87. The molecule has 2 aromatic carbocycles. The zero-order valence-corrected chi connectivity index (χ0v) is 8.81. The number of nitrogens with two attached hydrogens (primary N) is 1. The van der Waals surface area contributed by atoms with Crippen molar-refractivity contribution in [3.63, 3.8) is 0 Å². The molecule has 0 saturated heterocycles. The molecule has 2 rings (SSSR count). The topological polar surface area (TPSA) is 43.1 Å². The standard InChI is InChI=1S/C14H12NO/c15-9-11-5-7-12(8-6-11)14-4-2-1-3-13(14)10-16/h1-8H,9,15H2. The molecule has 0 heterocycles. The monoisotopic (exact) mass is 210 g/mol. The van der Waals surface area contributed by atoms with Crippen molar-refractivity contribution in [1.82, 2.24) is 0 Å². The molecular weight excluding hydrogens is 198 g/mol. The predicted octanol–water partition coefficient (Wildman–Crippen LogP) is 2.27. The Labute approximate surface area is 94.7 Å². The van der Waals surface area contributed by atoms with Gasteiger partial charge in [0.15, 0.2) is 0 Å². The first-order chi connectivity index (χ1) is 7.85. The lowest BCUT2D eigenvalue weighted by Crippen LogP contribution is -1.95. The van der Waals surface area contributed by atoms with Crippen molar-refractivity contribution in [2.24, 2.45) is 5.73 Å². The van der Waals surface area contributed by atoms with Crippen LogP contribution in [0.25, 0.3) is 11.1 Å². The third kappa shape index (κ3) is 2.02. The maximum atomic E-state index is 10.8. The van der Waals surface area contributed by atoms with E-state index in [0.29, 0.717) is 12.1 Å². The second-order valence-corrected chi connectivity index (χ2v) is 3.55. The molecule has 1 radical (unpaired) electrons. The van der Waals surface area contributed by atoms with Crippen molar-refractivity contribution in [1.29, 1.82) is 0 Å². The van der Waals surface area contributed by atoms with Crippen molar-refractivity contribution in [2.75, 3.05) is 0 Å². The average molecular weight is 210 g/mol. The summed E-state index contributed by atoms with van der Waals surface area (Å²) in [5.41, 5.74) is 9.11. The molecule has 79 valence electrons. The van der Waals surface area contributed by atoms with E-state index in [1.165, 1.54) is 0 Å². The Balaban J connectivity index is 2.46. The van der Waals surface area contributed by atoms with E-state index in [4.69, 9.17) is 5.73 Å². The summed E-state index contributed by atoms with van der Waals surface area (Å²) in [5.74, 6) is 0. The summed E-state index contributed by atoms with van der Waals surface area (Å²) in [6.45, 7) is 0.529. The highest BCUT2D eigenvalue weighted by Crippen LogP contribution is 2.22. The highest BCUT2D eigenvalue weighted by Gasteiger charge is 2.03. The molecule has 0 bridgehead atoms. The summed E-state index contributed by atoms with van der Waals surface area (Å²) in [6.07, 6.45) is 1.95. The van der Waals surface area contributed by atoms with Gasteiger partial charge in [-0.25, -0.2) is 0 Å². The van der Waals surface area contributed by atoms with Crippen LogP contribution >= 0.6 is 0 Å². The molecule has 0 fully saturated rings. The maximum Gasteiger partial charge on any atom is 0.234 e. The molecule has 2 N–H and O–H groups in total. The normalized spacial score (nSPS) is 10.1. The highest BCUT2D eigenvalue weighted by atomic mass is 16.1. The van der Waals surface area contributed by atoms with Gasteiger partial charge >= 0.3 is 0 Å². The lowest BCUT2D eigenvalue weighted by atomic mass is 9.99. The van der Waals surface area contributed by atoms with E-state index >= 15 is 0 Å². The van der Waals surface area contributed by atoms with Crippen molar-refractivity contribution < 1.29 is 4.79 Å². The van der Waals surface area contributed by atoms with Gasteiger partial charge < -0.3 is 5.73 Å². The first kappa shape index (κ1) is 10.6. The Morgan fingerprint density at radius 1 is 1.00 bits per heavy atom. The van der Waals surface area contributed by atoms with Gasteiger partial charge in [-0.05, 0) is 16.7 Å². The fourth-order valence-corrected chi connectivity index (χ4v) is 1.64. The summed E-state index contributed by atoms with van der Waals surface area (Å²) in [7, 11) is 0. The smallest absolute Gasteiger partial charge is 0.234 e. The van der Waals surface area contributed by atoms with Crippen LogP contribution in [0.1, 0.15) is 11.1 Å². The zero-order chi connectivity index (χ0) is 11.4. The first-order valence-corrected chi connectivity index (χ1v) is 5.11. The minimum atomic E-state index is 0.529. The Bertz CT molecular complexity index is 488. The van der Waals surface area contributed by atoms with Gasteiger partial charge in [0.25, 0.3) is 0 Å². The van der Waals surface area contributed by atoms with Gasteiger partial charge in [0.05, 0.1) is 0 Å². The SMILES string of the molecule is NCc1ccc(-c2ccccc2[C]=O)cc1. The molecule has 0 aliphatic carbocycles. The molecule has 16 heavy (non-hydrogen) atoms. The van der Waals surface area contributed by atoms with E-state index in [1.54, 1.807) is 6.07 Å². The Morgan fingerprint density at radius 2 is 1.69 bits per heavy atom. The molecule has 0 spiro atoms. The minimum absolute atomic E-state index is 0.529. The Morgan fingerprint density at radius 3 is 2.31 bits per heavy atom. The molecule has 0 unspecified atom stereocenters. The summed E-state index contributed by atoms with van der Waals surface area (Å²) in [5, 5.41) is 0. The first-order valence-electron chi connectivity index (χ1n) is 5.11. The van der Waals surface area contributed by atoms with Crippen LogP contribution in [0, 0.1) is 0 Å². The van der Waals surface area contributed by atoms with Gasteiger partial charge in [-0.2, -0.15) is 0 Å². The van der Waals surface area contributed by atoms with E-state index in [-0.39, 0.29) is 0 Å². The predicted molar refractivity (Wildman–Crippen MR) is 64.6 cm³/mol. The van der Waals surface area contributed by atoms with Crippen LogP contribution in [0.2, 0.25) is 0 Å². The molecule has 0 amide bonds. The number of benzene rings is 2. The number of hydrogen-bond acceptors (Lipinski definition) is 2. The molecule has 2 aromatic rings. The molecule has 0 atom stereocenters. The maximum absolute atomic E-state index is 10.8. The Hall–Kier alpha value is -1.93. The number of carbonyl (C=O) groups excluding carboxylic acids is 1. The lowest BCUT2D eigenvalue weighted by Gasteiger charge is -2.05. The summed E-state index contributed by atoms with van der Waals surface area (Å²) in [4.78, 5) is 10.8. The van der Waals surface area contributed by atoms with Crippen LogP contribution < -0.4 is 5.73 Å². The molecule has 0 aromatic heterocycles. The van der Waals surface area contributed by atoms with Crippen LogP contribution in [0.5, 0.6) is 0 Å². The van der Waals surface area contributed by atoms with Crippen molar-refractivity contribution in [2.45, 2.75) is 6.54 Å². The number of hydrogen-bond donors (Lipinski definition) is 1. The van der Waals surface area contributed by atoms with Crippen molar-refractivity contribution in [3.05, 3.63) is 59.7 Å². The third-order valence-electron chi connectivity index (χ3n) is 2.54. The van der Waals surface area contributed by atoms with Gasteiger partial charge in [0.2, 0.25) is 6.29 Å². The molecule has 0 aliphatic heterocycles. The second-order valence-electron chi connectivity index (χ2n) is 3.55. The van der Waals surface area contributed by atoms with Crippen LogP contribution in [-0.2, 0) is 11.3 Å². The second kappa shape index (κ2) is 4.73. The zero-order valence-electron chi connectivity index (χ0n) is 8.81. The van der Waals surface area contributed by atoms with Gasteiger partial charge in [0, 0.05) is 12.1 Å². The van der Waals surface area contributed by atoms with E-state index in [2.05, 4.69) is 0 Å². The molecule has 0 saturated carbocycles. The third-order valence-corrected chi connectivity index (χ3v) is 2.54. The van der Waals surface area contributed by atoms with E-state index in [0.717, 1.165) is 16.7 Å². The van der Waals surface area contributed by atoms with Crippen LogP contribution in [-0.4, -0.2) is 6.29 Å². The fraction of sp³-hybridized carbons (Fsp3) is 0.0714. The van der Waals surface area contributed by atoms with E-state index in [1.807, 2.05) is 48.8 Å². The van der Waals surface area contributed by atoms with Crippen LogP contribution in [0.4, 0.5) is 0 Å². The van der Waals surface area contributed by atoms with Gasteiger partial charge in [-0.3, -0.25) is 4.79 Å². The van der Waals surface area contributed by atoms with E-state index in [9.17, 15) is 4.79 Å². The van der Waals surface area contributed by atoms with Crippen molar-refractivity contribution >= 4 is 6.29 Å². The van der Waals surface area contributed by atoms with Gasteiger partial charge in [-0.1, -0.05) is 48.5 Å². The average Bonchev–Trinajstić information content (AvgIpc) is 2.39. The van der Waals surface area contributed by atoms with Gasteiger partial charge in [0.1, 0.15) is 0 Å². The van der Waals surface area contributed by atoms with E-state index < -0.39 is 0 Å². The summed E-state index contributed by atoms with van der Waals surface area (Å²) in [6, 6.07) is 15.3. The molecule has 2 heteroatoms. The largest absolute Gasteiger partial charge is 0.326 e. The van der Waals surface area contributed by atoms with Crippen LogP contribution in [0.3, 0.4) is 0 Å². The van der Waals surface area contributed by atoms with Crippen molar-refractivity contribution in [3.8, 4) is 11.1 Å². The quantitative estimate of drug-likeness (QED) is 0.844. The summed E-state index contributed by atoms with van der Waals surface area (Å²) < 4.78 is 0. The van der Waals surface area contributed by atoms with Crippen LogP contribution in [0.15, 0.2) is 48.5 Å². The molecule has 0 aliphatic rings. The Kier molecular flexibility index (Phi) is 3.13. The summed E-state index contributed by atoms with van der Waals surface area (Å²) >= 11 is 0. The fourth-order valence-electron chi connectivity index (χ4n) is 1.64. The molecular formula is C14H12NO. The minimum Gasteiger partial charge on any atom is -0.326 e. The number of rotatable bonds is 3. The lowest BCUT2D eigenvalue weighted by molar-refractivity contribution is 0.563. The molecule has 2 nitrogen and oxygen atoms in total.